The molecule has 0 bridgehead atoms. The molecule has 3 heterocycles. The summed E-state index contributed by atoms with van der Waals surface area (Å²) in [7, 11) is 3.62. The molecule has 9 nitrogen and oxygen atoms in total. The fourth-order valence-corrected chi connectivity index (χ4v) is 2.87. The molecule has 2 aromatic rings. The summed E-state index contributed by atoms with van der Waals surface area (Å²) >= 11 is 0. The van der Waals surface area contributed by atoms with Gasteiger partial charge >= 0.3 is 18.1 Å². The van der Waals surface area contributed by atoms with Crippen LogP contribution in [0.25, 0.3) is 0 Å². The van der Waals surface area contributed by atoms with E-state index in [0.29, 0.717) is 11.8 Å². The number of nitrogens with zero attached hydrogens (tertiary/aromatic N) is 5. The number of aliphatic carboxylic acids is 1. The second-order valence-corrected chi connectivity index (χ2v) is 7.02. The lowest BCUT2D eigenvalue weighted by atomic mass is 10.1. The lowest BCUT2D eigenvalue weighted by Crippen LogP contribution is -2.27. The van der Waals surface area contributed by atoms with Gasteiger partial charge in [-0.25, -0.2) is 24.5 Å². The summed E-state index contributed by atoms with van der Waals surface area (Å²) in [6.45, 7) is 3.47. The summed E-state index contributed by atoms with van der Waals surface area (Å²) in [5, 5.41) is 16.6. The fourth-order valence-electron chi connectivity index (χ4n) is 2.87. The second-order valence-electron chi connectivity index (χ2n) is 7.02. The Morgan fingerprint density at radius 2 is 1.65 bits per heavy atom. The van der Waals surface area contributed by atoms with Crippen molar-refractivity contribution in [2.45, 2.75) is 25.9 Å². The first-order valence-corrected chi connectivity index (χ1v) is 9.17. The van der Waals surface area contributed by atoms with Gasteiger partial charge in [0, 0.05) is 51.7 Å². The molecular weight excluding hydrogens is 419 g/mol. The van der Waals surface area contributed by atoms with Gasteiger partial charge in [-0.3, -0.25) is 0 Å². The molecule has 0 saturated carbocycles. The van der Waals surface area contributed by atoms with Crippen LogP contribution in [0.5, 0.6) is 0 Å². The van der Waals surface area contributed by atoms with Gasteiger partial charge in [-0.05, 0) is 30.5 Å². The Bertz CT molecular complexity index is 949. The number of pyridine rings is 1. The van der Waals surface area contributed by atoms with Crippen molar-refractivity contribution < 1.29 is 33.0 Å². The Hall–Kier alpha value is -3.44. The van der Waals surface area contributed by atoms with Gasteiger partial charge < -0.3 is 20.0 Å². The van der Waals surface area contributed by atoms with Crippen LogP contribution in [0.3, 0.4) is 0 Å². The number of aryl methyl sites for hydroxylation is 1. The first-order chi connectivity index (χ1) is 14.4. The normalized spacial score (nSPS) is 13.4. The highest BCUT2D eigenvalue weighted by atomic mass is 19.4. The quantitative estimate of drug-likeness (QED) is 0.738. The van der Waals surface area contributed by atoms with Gasteiger partial charge in [0.15, 0.2) is 0 Å². The minimum absolute atomic E-state index is 0.249. The fraction of sp³-hybridized carbons (Fsp3) is 0.421. The SMILES string of the molecule is Cc1cnc(N2CCc3cc(C(=O)O)c(N(C)C)nc3CC2)nc1.O=C(O)C(F)(F)F. The largest absolute Gasteiger partial charge is 0.490 e. The number of carbonyl (C=O) groups is 2. The molecule has 0 amide bonds. The Balaban J connectivity index is 0.000000423. The van der Waals surface area contributed by atoms with E-state index in [1.165, 1.54) is 0 Å². The van der Waals surface area contributed by atoms with Crippen LogP contribution in [-0.2, 0) is 17.6 Å². The summed E-state index contributed by atoms with van der Waals surface area (Å²) in [4.78, 5) is 37.7. The van der Waals surface area contributed by atoms with E-state index in [1.54, 1.807) is 11.0 Å². The smallest absolute Gasteiger partial charge is 0.478 e. The van der Waals surface area contributed by atoms with E-state index in [9.17, 15) is 23.1 Å². The molecule has 2 N–H and O–H groups in total. The van der Waals surface area contributed by atoms with Crippen molar-refractivity contribution in [3.8, 4) is 0 Å². The third-order valence-corrected chi connectivity index (χ3v) is 4.39. The average molecular weight is 441 g/mol. The van der Waals surface area contributed by atoms with Gasteiger partial charge in [0.1, 0.15) is 11.4 Å². The molecule has 0 radical (unpaired) electrons. The number of halogens is 3. The maximum atomic E-state index is 11.5. The van der Waals surface area contributed by atoms with Gasteiger partial charge in [0.2, 0.25) is 5.95 Å². The van der Waals surface area contributed by atoms with E-state index < -0.39 is 18.1 Å². The molecule has 0 fully saturated rings. The van der Waals surface area contributed by atoms with Crippen LogP contribution in [0, 0.1) is 6.92 Å². The van der Waals surface area contributed by atoms with Crippen molar-refractivity contribution in [3.63, 3.8) is 0 Å². The number of rotatable bonds is 3. The number of hydrogen-bond acceptors (Lipinski definition) is 7. The van der Waals surface area contributed by atoms with E-state index in [0.717, 1.165) is 42.8 Å². The lowest BCUT2D eigenvalue weighted by Gasteiger charge is -2.19. The number of aromatic carboxylic acids is 1. The number of carboxylic acid groups (broad SMARTS) is 2. The molecule has 0 saturated heterocycles. The zero-order valence-electron chi connectivity index (χ0n) is 17.1. The third-order valence-electron chi connectivity index (χ3n) is 4.39. The summed E-state index contributed by atoms with van der Waals surface area (Å²) in [6, 6.07) is 1.76. The number of hydrogen-bond donors (Lipinski definition) is 2. The number of fused-ring (bicyclic) bond motifs is 1. The predicted octanol–water partition coefficient (Wildman–Crippen LogP) is 2.18. The number of carboxylic acids is 2. The molecule has 0 spiro atoms. The van der Waals surface area contributed by atoms with Gasteiger partial charge in [0.05, 0.1) is 0 Å². The zero-order chi connectivity index (χ0) is 23.3. The molecule has 12 heteroatoms. The highest BCUT2D eigenvalue weighted by molar-refractivity contribution is 5.93. The molecule has 2 aromatic heterocycles. The average Bonchev–Trinajstić information content (AvgIpc) is 2.89. The molecule has 0 aliphatic carbocycles. The Morgan fingerprint density at radius 1 is 1.10 bits per heavy atom. The Labute approximate surface area is 176 Å². The van der Waals surface area contributed by atoms with Crippen molar-refractivity contribution in [2.24, 2.45) is 0 Å². The van der Waals surface area contributed by atoms with Crippen molar-refractivity contribution in [1.29, 1.82) is 0 Å². The van der Waals surface area contributed by atoms with Crippen molar-refractivity contribution in [3.05, 3.63) is 40.8 Å². The van der Waals surface area contributed by atoms with Gasteiger partial charge in [-0.2, -0.15) is 13.2 Å². The van der Waals surface area contributed by atoms with Crippen LogP contribution in [0.1, 0.15) is 27.2 Å². The minimum atomic E-state index is -5.08. The molecular formula is C19H22F3N5O4. The van der Waals surface area contributed by atoms with Crippen molar-refractivity contribution in [2.75, 3.05) is 37.0 Å². The maximum absolute atomic E-state index is 11.5. The monoisotopic (exact) mass is 441 g/mol. The van der Waals surface area contributed by atoms with Gasteiger partial charge in [0.25, 0.3) is 0 Å². The lowest BCUT2D eigenvalue weighted by molar-refractivity contribution is -0.192. The van der Waals surface area contributed by atoms with Crippen molar-refractivity contribution >= 4 is 23.7 Å². The zero-order valence-corrected chi connectivity index (χ0v) is 17.1. The molecule has 31 heavy (non-hydrogen) atoms. The van der Waals surface area contributed by atoms with E-state index in [1.807, 2.05) is 33.4 Å². The first kappa shape index (κ1) is 23.8. The van der Waals surface area contributed by atoms with Crippen LogP contribution < -0.4 is 9.80 Å². The molecule has 0 unspecified atom stereocenters. The third kappa shape index (κ3) is 6.27. The van der Waals surface area contributed by atoms with Crippen LogP contribution in [0.15, 0.2) is 18.5 Å². The molecule has 1 aliphatic rings. The highest BCUT2D eigenvalue weighted by Gasteiger charge is 2.38. The maximum Gasteiger partial charge on any atom is 0.490 e. The topological polar surface area (TPSA) is 120 Å². The Morgan fingerprint density at radius 3 is 2.13 bits per heavy atom. The van der Waals surface area contributed by atoms with E-state index in [2.05, 4.69) is 19.9 Å². The predicted molar refractivity (Wildman–Crippen MR) is 106 cm³/mol. The van der Waals surface area contributed by atoms with Gasteiger partial charge in [-0.15, -0.1) is 0 Å². The summed E-state index contributed by atoms with van der Waals surface area (Å²) in [6.07, 6.45) is 0.0114. The first-order valence-electron chi connectivity index (χ1n) is 9.17. The van der Waals surface area contributed by atoms with E-state index >= 15 is 0 Å². The molecule has 168 valence electrons. The van der Waals surface area contributed by atoms with E-state index in [4.69, 9.17) is 9.90 Å². The Kier molecular flexibility index (Phi) is 7.37. The summed E-state index contributed by atoms with van der Waals surface area (Å²) in [5.74, 6) is -2.49. The summed E-state index contributed by atoms with van der Waals surface area (Å²) < 4.78 is 31.7. The van der Waals surface area contributed by atoms with Crippen molar-refractivity contribution in [1.82, 2.24) is 15.0 Å². The number of alkyl halides is 3. The molecule has 0 atom stereocenters. The second kappa shape index (κ2) is 9.58. The highest BCUT2D eigenvalue weighted by Crippen LogP contribution is 2.24. The molecule has 1 aliphatic heterocycles. The van der Waals surface area contributed by atoms with Crippen LogP contribution in [0.2, 0.25) is 0 Å². The van der Waals surface area contributed by atoms with Crippen LogP contribution in [0.4, 0.5) is 24.9 Å². The number of aromatic nitrogens is 3. The number of anilines is 2. The molecule has 3 rings (SSSR count). The van der Waals surface area contributed by atoms with E-state index in [-0.39, 0.29) is 5.56 Å². The van der Waals surface area contributed by atoms with Crippen LogP contribution >= 0.6 is 0 Å². The standard InChI is InChI=1S/C17H21N5O2.C2HF3O2/c1-11-9-18-17(19-10-11)22-6-4-12-8-13(16(23)24)15(21(2)3)20-14(12)5-7-22;3-2(4,5)1(6)7/h8-10H,4-7H2,1-3H3,(H,23,24);(H,6,7). The summed E-state index contributed by atoms with van der Waals surface area (Å²) in [5.41, 5.74) is 3.23. The molecule has 0 aromatic carbocycles. The van der Waals surface area contributed by atoms with Gasteiger partial charge in [-0.1, -0.05) is 0 Å². The van der Waals surface area contributed by atoms with Crippen LogP contribution in [-0.4, -0.2) is 70.5 Å². The minimum Gasteiger partial charge on any atom is -0.478 e.